The summed E-state index contributed by atoms with van der Waals surface area (Å²) >= 11 is 5.97. The van der Waals surface area contributed by atoms with Crippen molar-refractivity contribution in [2.45, 2.75) is 18.9 Å². The first-order chi connectivity index (χ1) is 8.74. The van der Waals surface area contributed by atoms with Crippen LogP contribution in [-0.2, 0) is 12.8 Å². The van der Waals surface area contributed by atoms with Crippen LogP contribution in [0.25, 0.3) is 0 Å². The van der Waals surface area contributed by atoms with E-state index in [1.54, 1.807) is 0 Å². The van der Waals surface area contributed by atoms with Crippen LogP contribution in [0.15, 0.2) is 48.5 Å². The summed E-state index contributed by atoms with van der Waals surface area (Å²) in [5.74, 6) is 0.265. The molecule has 0 aromatic heterocycles. The first-order valence-corrected chi connectivity index (χ1v) is 6.62. The van der Waals surface area contributed by atoms with Crippen LogP contribution in [0.5, 0.6) is 0 Å². The van der Waals surface area contributed by atoms with Gasteiger partial charge in [-0.3, -0.25) is 0 Å². The molecule has 3 rings (SSSR count). The lowest BCUT2D eigenvalue weighted by molar-refractivity contribution is 0.113. The van der Waals surface area contributed by atoms with Crippen molar-refractivity contribution >= 4 is 11.6 Å². The molecule has 0 amide bonds. The van der Waals surface area contributed by atoms with Crippen LogP contribution in [-0.4, -0.2) is 5.11 Å². The zero-order chi connectivity index (χ0) is 12.5. The molecule has 2 heteroatoms. The van der Waals surface area contributed by atoms with E-state index in [2.05, 4.69) is 24.3 Å². The van der Waals surface area contributed by atoms with Gasteiger partial charge >= 0.3 is 0 Å². The topological polar surface area (TPSA) is 20.2 Å². The molecule has 1 atom stereocenters. The first kappa shape index (κ1) is 11.8. The molecule has 18 heavy (non-hydrogen) atoms. The van der Waals surface area contributed by atoms with Crippen molar-refractivity contribution in [1.29, 1.82) is 0 Å². The lowest BCUT2D eigenvalue weighted by Crippen LogP contribution is -2.12. The van der Waals surface area contributed by atoms with Gasteiger partial charge in [0, 0.05) is 5.02 Å². The fourth-order valence-corrected chi connectivity index (χ4v) is 2.98. The molecule has 0 aliphatic heterocycles. The number of rotatable bonds is 2. The summed E-state index contributed by atoms with van der Waals surface area (Å²) in [4.78, 5) is 0. The van der Waals surface area contributed by atoms with Crippen LogP contribution in [0, 0.1) is 5.92 Å². The van der Waals surface area contributed by atoms with E-state index < -0.39 is 6.10 Å². The average Bonchev–Trinajstić information content (AvgIpc) is 2.81. The van der Waals surface area contributed by atoms with E-state index >= 15 is 0 Å². The highest BCUT2D eigenvalue weighted by molar-refractivity contribution is 6.30. The van der Waals surface area contributed by atoms with Crippen LogP contribution < -0.4 is 0 Å². The number of halogens is 1. The summed E-state index contributed by atoms with van der Waals surface area (Å²) in [7, 11) is 0. The molecule has 1 aliphatic carbocycles. The molecule has 0 spiro atoms. The maximum Gasteiger partial charge on any atom is 0.0825 e. The molecular formula is C16H15ClO. The number of aliphatic hydroxyl groups excluding tert-OH is 1. The zero-order valence-electron chi connectivity index (χ0n) is 10.0. The van der Waals surface area contributed by atoms with E-state index in [9.17, 15) is 5.11 Å². The molecule has 2 aromatic rings. The molecular weight excluding hydrogens is 244 g/mol. The summed E-state index contributed by atoms with van der Waals surface area (Å²) in [5.41, 5.74) is 3.65. The molecule has 1 nitrogen and oxygen atoms in total. The van der Waals surface area contributed by atoms with Crippen molar-refractivity contribution < 1.29 is 5.11 Å². The molecule has 1 unspecified atom stereocenters. The zero-order valence-corrected chi connectivity index (χ0v) is 10.8. The minimum atomic E-state index is -0.434. The molecule has 0 radical (unpaired) electrons. The Morgan fingerprint density at radius 2 is 1.67 bits per heavy atom. The van der Waals surface area contributed by atoms with Gasteiger partial charge in [-0.15, -0.1) is 0 Å². The minimum absolute atomic E-state index is 0.265. The van der Waals surface area contributed by atoms with Crippen molar-refractivity contribution in [3.05, 3.63) is 70.2 Å². The molecule has 92 valence electrons. The van der Waals surface area contributed by atoms with Crippen LogP contribution in [0.4, 0.5) is 0 Å². The lowest BCUT2D eigenvalue weighted by Gasteiger charge is -2.18. The quantitative estimate of drug-likeness (QED) is 0.869. The number of fused-ring (bicyclic) bond motifs is 1. The van der Waals surface area contributed by atoms with Crippen molar-refractivity contribution in [2.75, 3.05) is 0 Å². The van der Waals surface area contributed by atoms with Crippen LogP contribution in [0.3, 0.4) is 0 Å². The molecule has 1 N–H and O–H groups in total. The number of hydrogen-bond donors (Lipinski definition) is 1. The second kappa shape index (κ2) is 4.75. The molecule has 2 aromatic carbocycles. The Morgan fingerprint density at radius 3 is 2.28 bits per heavy atom. The van der Waals surface area contributed by atoms with Gasteiger partial charge in [-0.1, -0.05) is 48.0 Å². The van der Waals surface area contributed by atoms with Crippen molar-refractivity contribution in [3.63, 3.8) is 0 Å². The van der Waals surface area contributed by atoms with Gasteiger partial charge in [0.2, 0.25) is 0 Å². The first-order valence-electron chi connectivity index (χ1n) is 6.24. The van der Waals surface area contributed by atoms with E-state index in [4.69, 9.17) is 11.6 Å². The Morgan fingerprint density at radius 1 is 1.00 bits per heavy atom. The summed E-state index contributed by atoms with van der Waals surface area (Å²) in [6.07, 6.45) is 1.46. The molecule has 0 saturated heterocycles. The SMILES string of the molecule is OC(c1cccc(Cl)c1)C1Cc2ccccc2C1. The standard InChI is InChI=1S/C16H15ClO/c17-15-7-3-6-13(10-15)16(18)14-8-11-4-1-2-5-12(11)9-14/h1-7,10,14,16,18H,8-9H2. The van der Waals surface area contributed by atoms with E-state index in [1.165, 1.54) is 11.1 Å². The van der Waals surface area contributed by atoms with Gasteiger partial charge in [0.15, 0.2) is 0 Å². The Hall–Kier alpha value is -1.31. The Kier molecular flexibility index (Phi) is 3.11. The fourth-order valence-electron chi connectivity index (χ4n) is 2.78. The third kappa shape index (κ3) is 2.16. The van der Waals surface area contributed by atoms with Gasteiger partial charge in [-0.05, 0) is 47.6 Å². The van der Waals surface area contributed by atoms with E-state index in [-0.39, 0.29) is 5.92 Å². The van der Waals surface area contributed by atoms with Gasteiger partial charge in [-0.2, -0.15) is 0 Å². The largest absolute Gasteiger partial charge is 0.388 e. The van der Waals surface area contributed by atoms with E-state index in [0.717, 1.165) is 18.4 Å². The maximum absolute atomic E-state index is 10.5. The summed E-state index contributed by atoms with van der Waals surface area (Å²) in [6, 6.07) is 16.0. The average molecular weight is 259 g/mol. The second-order valence-electron chi connectivity index (χ2n) is 4.94. The van der Waals surface area contributed by atoms with Crippen molar-refractivity contribution in [2.24, 2.45) is 5.92 Å². The van der Waals surface area contributed by atoms with Crippen LogP contribution in [0.2, 0.25) is 5.02 Å². The number of aliphatic hydroxyl groups is 1. The minimum Gasteiger partial charge on any atom is -0.388 e. The van der Waals surface area contributed by atoms with Gasteiger partial charge in [-0.25, -0.2) is 0 Å². The molecule has 0 fully saturated rings. The predicted octanol–water partition coefficient (Wildman–Crippen LogP) is 3.79. The summed E-state index contributed by atoms with van der Waals surface area (Å²) in [6.45, 7) is 0. The normalized spacial score (nSPS) is 16.6. The van der Waals surface area contributed by atoms with Crippen LogP contribution >= 0.6 is 11.6 Å². The Bertz CT molecular complexity index is 540. The third-order valence-corrected chi connectivity index (χ3v) is 3.95. The third-order valence-electron chi connectivity index (χ3n) is 3.72. The van der Waals surface area contributed by atoms with Crippen molar-refractivity contribution in [1.82, 2.24) is 0 Å². The van der Waals surface area contributed by atoms with Crippen molar-refractivity contribution in [3.8, 4) is 0 Å². The highest BCUT2D eigenvalue weighted by atomic mass is 35.5. The van der Waals surface area contributed by atoms with Crippen LogP contribution in [0.1, 0.15) is 22.8 Å². The second-order valence-corrected chi connectivity index (χ2v) is 5.37. The fraction of sp³-hybridized carbons (Fsp3) is 0.250. The van der Waals surface area contributed by atoms with E-state index in [0.29, 0.717) is 5.02 Å². The predicted molar refractivity (Wildman–Crippen MR) is 73.8 cm³/mol. The highest BCUT2D eigenvalue weighted by Crippen LogP contribution is 2.35. The van der Waals surface area contributed by atoms with Gasteiger partial charge < -0.3 is 5.11 Å². The maximum atomic E-state index is 10.5. The molecule has 0 saturated carbocycles. The number of hydrogen-bond acceptors (Lipinski definition) is 1. The van der Waals surface area contributed by atoms with Gasteiger partial charge in [0.1, 0.15) is 0 Å². The van der Waals surface area contributed by atoms with Gasteiger partial charge in [0.25, 0.3) is 0 Å². The highest BCUT2D eigenvalue weighted by Gasteiger charge is 2.28. The molecule has 1 aliphatic rings. The molecule has 0 heterocycles. The summed E-state index contributed by atoms with van der Waals surface area (Å²) < 4.78 is 0. The lowest BCUT2D eigenvalue weighted by atomic mass is 9.93. The van der Waals surface area contributed by atoms with E-state index in [1.807, 2.05) is 24.3 Å². The summed E-state index contributed by atoms with van der Waals surface area (Å²) in [5, 5.41) is 11.1. The monoisotopic (exact) mass is 258 g/mol. The molecule has 0 bridgehead atoms. The van der Waals surface area contributed by atoms with Gasteiger partial charge in [0.05, 0.1) is 6.10 Å². The Labute approximate surface area is 112 Å². The smallest absolute Gasteiger partial charge is 0.0825 e. The Balaban J connectivity index is 1.82. The number of benzene rings is 2.